The van der Waals surface area contributed by atoms with Gasteiger partial charge in [0.1, 0.15) is 0 Å². The molecule has 0 atom stereocenters. The van der Waals surface area contributed by atoms with E-state index >= 15 is 0 Å². The maximum atomic E-state index is 11.1. The summed E-state index contributed by atoms with van der Waals surface area (Å²) in [5.74, 6) is 0. The van der Waals surface area contributed by atoms with Crippen LogP contribution in [0.2, 0.25) is 0 Å². The Morgan fingerprint density at radius 1 is 1.38 bits per heavy atom. The summed E-state index contributed by atoms with van der Waals surface area (Å²) in [5.41, 5.74) is 4.96. The van der Waals surface area contributed by atoms with Crippen molar-refractivity contribution in [3.8, 4) is 0 Å². The molecule has 5 heteroatoms. The van der Waals surface area contributed by atoms with E-state index in [-0.39, 0.29) is 11.1 Å². The predicted octanol–water partition coefficient (Wildman–Crippen LogP) is -0.575. The van der Waals surface area contributed by atoms with Crippen LogP contribution < -0.4 is 16.9 Å². The average Bonchev–Trinajstić information content (AvgIpc) is 2.11. The molecule has 0 radical (unpaired) electrons. The van der Waals surface area contributed by atoms with Crippen molar-refractivity contribution in [3.05, 3.63) is 38.4 Å². The van der Waals surface area contributed by atoms with Gasteiger partial charge >= 0.3 is 0 Å². The molecule has 0 fully saturated rings. The van der Waals surface area contributed by atoms with Gasteiger partial charge in [0.05, 0.1) is 0 Å². The molecule has 1 heterocycles. The fourth-order valence-electron chi connectivity index (χ4n) is 0.864. The van der Waals surface area contributed by atoms with E-state index in [9.17, 15) is 9.59 Å². The Kier molecular flexibility index (Phi) is 3.22. The van der Waals surface area contributed by atoms with E-state index in [1.807, 2.05) is 0 Å². The van der Waals surface area contributed by atoms with E-state index in [0.717, 1.165) is 0 Å². The second-order valence-electron chi connectivity index (χ2n) is 2.52. The molecule has 4 N–H and O–H groups in total. The Bertz CT molecular complexity index is 402. The van der Waals surface area contributed by atoms with Crippen LogP contribution >= 0.6 is 0 Å². The smallest absolute Gasteiger partial charge is 0.269 e. The first kappa shape index (κ1) is 9.47. The van der Waals surface area contributed by atoms with E-state index < -0.39 is 0 Å². The lowest BCUT2D eigenvalue weighted by molar-refractivity contribution is 0.946. The number of rotatable bonds is 3. The third-order valence-corrected chi connectivity index (χ3v) is 1.48. The average molecular weight is 181 g/mol. The molecule has 13 heavy (non-hydrogen) atoms. The molecule has 0 spiro atoms. The largest absolute Gasteiger partial charge is 0.330 e. The van der Waals surface area contributed by atoms with Gasteiger partial charge in [0.15, 0.2) is 0 Å². The lowest BCUT2D eigenvalue weighted by Crippen LogP contribution is -2.19. The summed E-state index contributed by atoms with van der Waals surface area (Å²) in [7, 11) is 0. The molecular formula is C8H11N3O2. The SMILES string of the molecule is NCCC=Cc1cc(=O)[nH][nH]c1=O. The van der Waals surface area contributed by atoms with E-state index in [0.29, 0.717) is 18.5 Å². The van der Waals surface area contributed by atoms with Crippen molar-refractivity contribution in [1.29, 1.82) is 0 Å². The first-order chi connectivity index (χ1) is 6.24. The molecule has 0 unspecified atom stereocenters. The fourth-order valence-corrected chi connectivity index (χ4v) is 0.864. The van der Waals surface area contributed by atoms with Crippen molar-refractivity contribution in [1.82, 2.24) is 10.2 Å². The zero-order valence-corrected chi connectivity index (χ0v) is 7.04. The van der Waals surface area contributed by atoms with Crippen LogP contribution in [-0.2, 0) is 0 Å². The predicted molar refractivity (Wildman–Crippen MR) is 50.4 cm³/mol. The number of hydrogen-bond donors (Lipinski definition) is 3. The molecule has 0 aliphatic rings. The standard InChI is InChI=1S/C8H11N3O2/c9-4-2-1-3-6-5-7(12)10-11-8(6)13/h1,3,5H,2,4,9H2,(H,10,12)(H,11,13). The maximum Gasteiger partial charge on any atom is 0.269 e. The summed E-state index contributed by atoms with van der Waals surface area (Å²) in [6, 6.07) is 1.24. The molecule has 5 nitrogen and oxygen atoms in total. The van der Waals surface area contributed by atoms with Crippen molar-refractivity contribution in [3.63, 3.8) is 0 Å². The number of hydrogen-bond acceptors (Lipinski definition) is 3. The van der Waals surface area contributed by atoms with Crippen LogP contribution in [-0.4, -0.2) is 16.7 Å². The number of nitrogens with one attached hydrogen (secondary N) is 2. The van der Waals surface area contributed by atoms with Gasteiger partial charge in [0.2, 0.25) is 0 Å². The van der Waals surface area contributed by atoms with Crippen molar-refractivity contribution in [2.45, 2.75) is 6.42 Å². The minimum Gasteiger partial charge on any atom is -0.330 e. The van der Waals surface area contributed by atoms with Gasteiger partial charge in [-0.05, 0) is 13.0 Å². The summed E-state index contributed by atoms with van der Waals surface area (Å²) in [5, 5.41) is 4.40. The Morgan fingerprint density at radius 3 is 2.85 bits per heavy atom. The maximum absolute atomic E-state index is 11.1. The van der Waals surface area contributed by atoms with E-state index in [2.05, 4.69) is 10.2 Å². The molecule has 1 rings (SSSR count). The zero-order chi connectivity index (χ0) is 9.68. The van der Waals surface area contributed by atoms with E-state index in [4.69, 9.17) is 5.73 Å². The highest BCUT2D eigenvalue weighted by molar-refractivity contribution is 5.46. The third-order valence-electron chi connectivity index (χ3n) is 1.48. The van der Waals surface area contributed by atoms with Crippen molar-refractivity contribution in [2.75, 3.05) is 6.54 Å². The van der Waals surface area contributed by atoms with Crippen LogP contribution in [0.5, 0.6) is 0 Å². The summed E-state index contributed by atoms with van der Waals surface area (Å²) in [6.45, 7) is 0.525. The molecule has 70 valence electrons. The van der Waals surface area contributed by atoms with Crippen molar-refractivity contribution in [2.24, 2.45) is 5.73 Å². The molecular weight excluding hydrogens is 170 g/mol. The van der Waals surface area contributed by atoms with Gasteiger partial charge in [-0.25, -0.2) is 0 Å². The van der Waals surface area contributed by atoms with Crippen molar-refractivity contribution < 1.29 is 0 Å². The van der Waals surface area contributed by atoms with Gasteiger partial charge in [0, 0.05) is 11.6 Å². The van der Waals surface area contributed by atoms with Gasteiger partial charge in [0.25, 0.3) is 11.1 Å². The van der Waals surface area contributed by atoms with Gasteiger partial charge in [-0.1, -0.05) is 12.2 Å². The summed E-state index contributed by atoms with van der Waals surface area (Å²) >= 11 is 0. The fraction of sp³-hybridized carbons (Fsp3) is 0.250. The van der Waals surface area contributed by atoms with E-state index in [1.165, 1.54) is 6.07 Å². The van der Waals surface area contributed by atoms with Crippen LogP contribution in [0, 0.1) is 0 Å². The normalized spacial score (nSPS) is 10.8. The Balaban J connectivity index is 2.94. The second-order valence-corrected chi connectivity index (χ2v) is 2.52. The van der Waals surface area contributed by atoms with Gasteiger partial charge in [-0.2, -0.15) is 0 Å². The minimum atomic E-state index is -0.327. The number of H-pyrrole nitrogens is 2. The number of nitrogens with two attached hydrogens (primary N) is 1. The monoisotopic (exact) mass is 181 g/mol. The molecule has 0 saturated heterocycles. The summed E-state index contributed by atoms with van der Waals surface area (Å²) < 4.78 is 0. The Labute approximate surface area is 74.3 Å². The molecule has 0 aliphatic heterocycles. The number of aromatic amines is 2. The third kappa shape index (κ3) is 2.72. The van der Waals surface area contributed by atoms with Crippen LogP contribution in [0.1, 0.15) is 12.0 Å². The highest BCUT2D eigenvalue weighted by Crippen LogP contribution is 1.90. The van der Waals surface area contributed by atoms with Crippen LogP contribution in [0.15, 0.2) is 21.7 Å². The Morgan fingerprint density at radius 2 is 2.15 bits per heavy atom. The molecule has 0 bridgehead atoms. The first-order valence-corrected chi connectivity index (χ1v) is 3.92. The molecule has 0 aromatic carbocycles. The van der Waals surface area contributed by atoms with Crippen LogP contribution in [0.25, 0.3) is 6.08 Å². The topological polar surface area (TPSA) is 91.7 Å². The zero-order valence-electron chi connectivity index (χ0n) is 7.04. The number of aromatic nitrogens is 2. The molecule has 0 amide bonds. The quantitative estimate of drug-likeness (QED) is 0.582. The van der Waals surface area contributed by atoms with Gasteiger partial charge in [-0.15, -0.1) is 0 Å². The van der Waals surface area contributed by atoms with Gasteiger partial charge < -0.3 is 5.73 Å². The molecule has 1 aromatic heterocycles. The van der Waals surface area contributed by atoms with E-state index in [1.54, 1.807) is 12.2 Å². The minimum absolute atomic E-state index is 0.312. The molecule has 0 saturated carbocycles. The van der Waals surface area contributed by atoms with Crippen LogP contribution in [0.4, 0.5) is 0 Å². The molecule has 1 aromatic rings. The Hall–Kier alpha value is -1.62. The van der Waals surface area contributed by atoms with Gasteiger partial charge in [-0.3, -0.25) is 19.8 Å². The molecule has 0 aliphatic carbocycles. The second kappa shape index (κ2) is 4.42. The summed E-state index contributed by atoms with van der Waals surface area (Å²) in [4.78, 5) is 21.8. The highest BCUT2D eigenvalue weighted by atomic mass is 16.1. The first-order valence-electron chi connectivity index (χ1n) is 3.92. The van der Waals surface area contributed by atoms with Crippen LogP contribution in [0.3, 0.4) is 0 Å². The van der Waals surface area contributed by atoms with Crippen molar-refractivity contribution >= 4 is 6.08 Å². The lowest BCUT2D eigenvalue weighted by atomic mass is 10.2. The lowest BCUT2D eigenvalue weighted by Gasteiger charge is -1.89. The summed E-state index contributed by atoms with van der Waals surface area (Å²) in [6.07, 6.45) is 4.02. The highest BCUT2D eigenvalue weighted by Gasteiger charge is 1.93.